The summed E-state index contributed by atoms with van der Waals surface area (Å²) in [4.78, 5) is 30.0. The fraction of sp³-hybridized carbons (Fsp3) is 0.150. The number of nitrogens with zero attached hydrogens (tertiary/aromatic N) is 2. The maximum atomic E-state index is 12.7. The van der Waals surface area contributed by atoms with Crippen LogP contribution in [-0.4, -0.2) is 35.1 Å². The molecule has 1 aliphatic rings. The van der Waals surface area contributed by atoms with Crippen LogP contribution in [0.5, 0.6) is 5.75 Å². The number of thioether (sulfide) groups is 1. The smallest absolute Gasteiger partial charge is 0.266 e. The molecule has 2 aromatic rings. The highest BCUT2D eigenvalue weighted by atomic mass is 79.9. The van der Waals surface area contributed by atoms with Crippen LogP contribution >= 0.6 is 27.7 Å². The Morgan fingerprint density at radius 1 is 1.29 bits per heavy atom. The molecule has 1 fully saturated rings. The first-order valence-corrected chi connectivity index (χ1v) is 10.1. The lowest BCUT2D eigenvalue weighted by atomic mass is 10.2. The van der Waals surface area contributed by atoms with Crippen molar-refractivity contribution in [1.82, 2.24) is 4.90 Å². The van der Waals surface area contributed by atoms with Crippen LogP contribution in [0.4, 0.5) is 5.69 Å². The van der Waals surface area contributed by atoms with Crippen molar-refractivity contribution in [2.24, 2.45) is 4.99 Å². The summed E-state index contributed by atoms with van der Waals surface area (Å²) in [5.74, 6) is -1.01. The molecule has 1 aliphatic heterocycles. The predicted octanol–water partition coefficient (Wildman–Crippen LogP) is 3.20. The minimum Gasteiger partial charge on any atom is -0.546 e. The van der Waals surface area contributed by atoms with Crippen molar-refractivity contribution in [1.29, 1.82) is 0 Å². The molecule has 0 radical (unpaired) electrons. The second kappa shape index (κ2) is 9.07. The minimum atomic E-state index is -1.30. The van der Waals surface area contributed by atoms with Gasteiger partial charge in [0, 0.05) is 6.54 Å². The Bertz CT molecular complexity index is 960. The average molecular weight is 460 g/mol. The quantitative estimate of drug-likeness (QED) is 0.619. The molecule has 0 saturated carbocycles. The SMILES string of the molecule is CCN1C(=O)/C(=C\c2ccc(OCC(=O)[O-])c(Br)c2)SC1=Nc1ccccc1. The third-order valence-electron chi connectivity index (χ3n) is 3.78. The van der Waals surface area contributed by atoms with Crippen molar-refractivity contribution in [3.63, 3.8) is 0 Å². The highest BCUT2D eigenvalue weighted by Crippen LogP contribution is 2.35. The van der Waals surface area contributed by atoms with Gasteiger partial charge in [0.25, 0.3) is 5.91 Å². The van der Waals surface area contributed by atoms with Gasteiger partial charge in [-0.2, -0.15) is 0 Å². The number of amidine groups is 1. The van der Waals surface area contributed by atoms with Crippen LogP contribution in [0.3, 0.4) is 0 Å². The van der Waals surface area contributed by atoms with Crippen molar-refractivity contribution in [3.8, 4) is 5.75 Å². The van der Waals surface area contributed by atoms with E-state index in [0.29, 0.717) is 26.8 Å². The standard InChI is InChI=1S/C20H17BrN2O4S/c1-2-23-19(26)17(28-20(23)22-14-6-4-3-5-7-14)11-13-8-9-16(15(21)10-13)27-12-18(24)25/h3-11H,2,12H2,1H3,(H,24,25)/p-1/b17-11+,22-20?. The number of hydrogen-bond acceptors (Lipinski definition) is 6. The fourth-order valence-corrected chi connectivity index (χ4v) is 4.07. The molecule has 28 heavy (non-hydrogen) atoms. The molecule has 3 rings (SSSR count). The molecule has 0 spiro atoms. The van der Waals surface area contributed by atoms with Crippen LogP contribution in [0.15, 0.2) is 62.9 Å². The summed E-state index contributed by atoms with van der Waals surface area (Å²) in [6.07, 6.45) is 1.77. The van der Waals surface area contributed by atoms with Crippen LogP contribution in [0, 0.1) is 0 Å². The summed E-state index contributed by atoms with van der Waals surface area (Å²) >= 11 is 4.67. The molecule has 0 aromatic heterocycles. The lowest BCUT2D eigenvalue weighted by Gasteiger charge is -2.11. The van der Waals surface area contributed by atoms with E-state index in [-0.39, 0.29) is 5.91 Å². The molecule has 1 heterocycles. The normalized spacial score (nSPS) is 16.8. The average Bonchev–Trinajstić information content (AvgIpc) is 2.96. The van der Waals surface area contributed by atoms with Crippen LogP contribution in [0.2, 0.25) is 0 Å². The maximum absolute atomic E-state index is 12.7. The number of para-hydroxylation sites is 1. The highest BCUT2D eigenvalue weighted by Gasteiger charge is 2.32. The van der Waals surface area contributed by atoms with Gasteiger partial charge in [-0.25, -0.2) is 4.99 Å². The van der Waals surface area contributed by atoms with E-state index in [1.165, 1.54) is 11.8 Å². The van der Waals surface area contributed by atoms with Crippen LogP contribution < -0.4 is 9.84 Å². The lowest BCUT2D eigenvalue weighted by Crippen LogP contribution is -2.29. The minimum absolute atomic E-state index is 0.101. The first kappa shape index (κ1) is 20.2. The number of benzene rings is 2. The zero-order valence-electron chi connectivity index (χ0n) is 14.9. The van der Waals surface area contributed by atoms with Gasteiger partial charge < -0.3 is 14.6 Å². The number of halogens is 1. The molecule has 1 amide bonds. The monoisotopic (exact) mass is 459 g/mol. The molecule has 8 heteroatoms. The number of carboxylic acid groups (broad SMARTS) is 1. The van der Waals surface area contributed by atoms with Crippen LogP contribution in [0.25, 0.3) is 6.08 Å². The van der Waals surface area contributed by atoms with Gasteiger partial charge in [-0.05, 0) is 70.5 Å². The van der Waals surface area contributed by atoms with E-state index >= 15 is 0 Å². The molecule has 6 nitrogen and oxygen atoms in total. The lowest BCUT2D eigenvalue weighted by molar-refractivity contribution is -0.307. The van der Waals surface area contributed by atoms with Gasteiger partial charge in [0.2, 0.25) is 0 Å². The van der Waals surface area contributed by atoms with Gasteiger partial charge in [-0.1, -0.05) is 24.3 Å². The van der Waals surface area contributed by atoms with Gasteiger partial charge in [-0.3, -0.25) is 9.69 Å². The predicted molar refractivity (Wildman–Crippen MR) is 111 cm³/mol. The first-order valence-electron chi connectivity index (χ1n) is 8.45. The van der Waals surface area contributed by atoms with E-state index in [9.17, 15) is 14.7 Å². The topological polar surface area (TPSA) is 82.0 Å². The number of hydrogen-bond donors (Lipinski definition) is 0. The molecular weight excluding hydrogens is 444 g/mol. The highest BCUT2D eigenvalue weighted by molar-refractivity contribution is 9.10. The summed E-state index contributed by atoms with van der Waals surface area (Å²) in [6, 6.07) is 14.6. The molecule has 2 aromatic carbocycles. The van der Waals surface area contributed by atoms with Gasteiger partial charge in [0.15, 0.2) is 5.17 Å². The van der Waals surface area contributed by atoms with Crippen molar-refractivity contribution >= 4 is 56.5 Å². The molecule has 1 saturated heterocycles. The Hall–Kier alpha value is -2.58. The summed E-state index contributed by atoms with van der Waals surface area (Å²) in [5.41, 5.74) is 1.57. The van der Waals surface area contributed by atoms with Crippen LogP contribution in [0.1, 0.15) is 12.5 Å². The largest absolute Gasteiger partial charge is 0.546 e. The van der Waals surface area contributed by atoms with Gasteiger partial charge in [0.05, 0.1) is 21.0 Å². The van der Waals surface area contributed by atoms with Gasteiger partial charge in [-0.15, -0.1) is 0 Å². The Kier molecular flexibility index (Phi) is 6.53. The number of carboxylic acids is 1. The number of likely N-dealkylation sites (N-methyl/N-ethyl adjacent to an activating group) is 1. The Labute approximate surface area is 175 Å². The molecule has 0 N–H and O–H groups in total. The zero-order valence-corrected chi connectivity index (χ0v) is 17.3. The van der Waals surface area contributed by atoms with Crippen molar-refractivity contribution in [2.75, 3.05) is 13.2 Å². The van der Waals surface area contributed by atoms with E-state index in [1.54, 1.807) is 29.2 Å². The van der Waals surface area contributed by atoms with Gasteiger partial charge in [0.1, 0.15) is 12.4 Å². The summed E-state index contributed by atoms with van der Waals surface area (Å²) in [5, 5.41) is 11.2. The third kappa shape index (κ3) is 4.82. The first-order chi connectivity index (χ1) is 13.5. The zero-order chi connectivity index (χ0) is 20.1. The van der Waals surface area contributed by atoms with Gasteiger partial charge >= 0.3 is 0 Å². The summed E-state index contributed by atoms with van der Waals surface area (Å²) in [6.45, 7) is 1.90. The van der Waals surface area contributed by atoms with E-state index in [0.717, 1.165) is 11.3 Å². The summed E-state index contributed by atoms with van der Waals surface area (Å²) in [7, 11) is 0. The molecule has 144 valence electrons. The number of carbonyl (C=O) groups excluding carboxylic acids is 2. The van der Waals surface area contributed by atoms with E-state index in [4.69, 9.17) is 4.74 Å². The third-order valence-corrected chi connectivity index (χ3v) is 5.41. The number of amides is 1. The van der Waals surface area contributed by atoms with E-state index in [2.05, 4.69) is 20.9 Å². The van der Waals surface area contributed by atoms with Crippen molar-refractivity contribution < 1.29 is 19.4 Å². The Morgan fingerprint density at radius 3 is 2.68 bits per heavy atom. The number of carbonyl (C=O) groups is 2. The van der Waals surface area contributed by atoms with E-state index < -0.39 is 12.6 Å². The maximum Gasteiger partial charge on any atom is 0.266 e. The molecular formula is C20H16BrN2O4S-. The van der Waals surface area contributed by atoms with E-state index in [1.807, 2.05) is 37.3 Å². The Morgan fingerprint density at radius 2 is 2.04 bits per heavy atom. The summed E-state index contributed by atoms with van der Waals surface area (Å²) < 4.78 is 5.72. The number of aliphatic carboxylic acids is 1. The fourth-order valence-electron chi connectivity index (χ4n) is 2.50. The molecule has 0 unspecified atom stereocenters. The number of aliphatic imine (C=N–C) groups is 1. The second-order valence-electron chi connectivity index (χ2n) is 5.74. The second-order valence-corrected chi connectivity index (χ2v) is 7.60. The molecule has 0 aliphatic carbocycles. The number of ether oxygens (including phenoxy) is 1. The van der Waals surface area contributed by atoms with Crippen LogP contribution in [-0.2, 0) is 9.59 Å². The van der Waals surface area contributed by atoms with Crippen molar-refractivity contribution in [2.45, 2.75) is 6.92 Å². The molecule has 0 bridgehead atoms. The van der Waals surface area contributed by atoms with Crippen molar-refractivity contribution in [3.05, 3.63) is 63.5 Å². The number of rotatable bonds is 6. The Balaban J connectivity index is 1.84. The molecule has 0 atom stereocenters.